The van der Waals surface area contributed by atoms with Crippen molar-refractivity contribution in [3.05, 3.63) is 56.0 Å². The largest absolute Gasteiger partial charge is 0.306 e. The lowest BCUT2D eigenvalue weighted by molar-refractivity contribution is 0.603. The average molecular weight is 366 g/mol. The molecule has 0 bridgehead atoms. The standard InChI is InChI=1S/C16H16BrNS2/c1-2-7-18-15(12-9-14(17)20-10-12)13-5-3-4-11-6-8-19-16(11)13/h3-6,8-10,15,18H,2,7H2,1H3. The van der Waals surface area contributed by atoms with Crippen LogP contribution in [0.3, 0.4) is 0 Å². The van der Waals surface area contributed by atoms with Gasteiger partial charge in [-0.1, -0.05) is 25.1 Å². The summed E-state index contributed by atoms with van der Waals surface area (Å²) >= 11 is 7.15. The summed E-state index contributed by atoms with van der Waals surface area (Å²) in [6, 6.07) is 11.3. The number of nitrogens with one attached hydrogen (secondary N) is 1. The van der Waals surface area contributed by atoms with Crippen molar-refractivity contribution in [2.75, 3.05) is 6.54 Å². The molecular weight excluding hydrogens is 350 g/mol. The molecule has 1 atom stereocenters. The minimum absolute atomic E-state index is 0.278. The van der Waals surface area contributed by atoms with Crippen molar-refractivity contribution in [2.45, 2.75) is 19.4 Å². The predicted molar refractivity (Wildman–Crippen MR) is 94.0 cm³/mol. The smallest absolute Gasteiger partial charge is 0.0701 e. The van der Waals surface area contributed by atoms with Crippen molar-refractivity contribution in [1.29, 1.82) is 0 Å². The van der Waals surface area contributed by atoms with E-state index in [-0.39, 0.29) is 6.04 Å². The molecule has 20 heavy (non-hydrogen) atoms. The van der Waals surface area contributed by atoms with Gasteiger partial charge in [0.15, 0.2) is 0 Å². The van der Waals surface area contributed by atoms with Crippen LogP contribution in [-0.4, -0.2) is 6.54 Å². The number of rotatable bonds is 5. The second kappa shape index (κ2) is 6.39. The summed E-state index contributed by atoms with van der Waals surface area (Å²) in [6.45, 7) is 3.24. The molecule has 2 heterocycles. The predicted octanol–water partition coefficient (Wildman–Crippen LogP) is 5.81. The number of thiophene rings is 2. The van der Waals surface area contributed by atoms with Gasteiger partial charge in [-0.05, 0) is 68.3 Å². The maximum absolute atomic E-state index is 3.69. The Labute approximate surface area is 135 Å². The lowest BCUT2D eigenvalue weighted by Crippen LogP contribution is -2.22. The number of fused-ring (bicyclic) bond motifs is 1. The van der Waals surface area contributed by atoms with E-state index >= 15 is 0 Å². The van der Waals surface area contributed by atoms with Crippen LogP contribution in [0, 0.1) is 0 Å². The van der Waals surface area contributed by atoms with Gasteiger partial charge in [0.1, 0.15) is 0 Å². The van der Waals surface area contributed by atoms with E-state index in [1.54, 1.807) is 11.3 Å². The van der Waals surface area contributed by atoms with Gasteiger partial charge in [0.2, 0.25) is 0 Å². The molecular formula is C16H16BrNS2. The van der Waals surface area contributed by atoms with Crippen molar-refractivity contribution in [3.8, 4) is 0 Å². The third-order valence-electron chi connectivity index (χ3n) is 3.34. The van der Waals surface area contributed by atoms with Crippen LogP contribution in [0.1, 0.15) is 30.5 Å². The van der Waals surface area contributed by atoms with Crippen LogP contribution in [0.25, 0.3) is 10.1 Å². The van der Waals surface area contributed by atoms with Crippen LogP contribution in [0.5, 0.6) is 0 Å². The van der Waals surface area contributed by atoms with Crippen molar-refractivity contribution in [3.63, 3.8) is 0 Å². The van der Waals surface area contributed by atoms with Crippen molar-refractivity contribution in [2.24, 2.45) is 0 Å². The van der Waals surface area contributed by atoms with Crippen LogP contribution in [0.2, 0.25) is 0 Å². The Morgan fingerprint density at radius 2 is 2.15 bits per heavy atom. The fourth-order valence-corrected chi connectivity index (χ4v) is 4.56. The minimum atomic E-state index is 0.278. The second-order valence-electron chi connectivity index (χ2n) is 4.76. The molecule has 4 heteroatoms. The molecule has 3 aromatic rings. The third-order valence-corrected chi connectivity index (χ3v) is 5.84. The molecule has 1 aromatic carbocycles. The van der Waals surface area contributed by atoms with Crippen LogP contribution in [0.15, 0.2) is 44.9 Å². The summed E-state index contributed by atoms with van der Waals surface area (Å²) in [5.41, 5.74) is 2.73. The third kappa shape index (κ3) is 2.84. The molecule has 2 aromatic heterocycles. The van der Waals surface area contributed by atoms with E-state index in [2.05, 4.69) is 69.3 Å². The Bertz CT molecular complexity index is 701. The monoisotopic (exact) mass is 365 g/mol. The van der Waals surface area contributed by atoms with Crippen molar-refractivity contribution < 1.29 is 0 Å². The highest BCUT2D eigenvalue weighted by Crippen LogP contribution is 2.35. The molecule has 0 spiro atoms. The van der Waals surface area contributed by atoms with Gasteiger partial charge in [0.25, 0.3) is 0 Å². The van der Waals surface area contributed by atoms with E-state index in [0.717, 1.165) is 13.0 Å². The van der Waals surface area contributed by atoms with E-state index in [4.69, 9.17) is 0 Å². The molecule has 0 aliphatic carbocycles. The van der Waals surface area contributed by atoms with Gasteiger partial charge >= 0.3 is 0 Å². The van der Waals surface area contributed by atoms with Crippen LogP contribution in [-0.2, 0) is 0 Å². The summed E-state index contributed by atoms with van der Waals surface area (Å²) in [7, 11) is 0. The Kier molecular flexibility index (Phi) is 4.56. The Hall–Kier alpha value is -0.680. The van der Waals surface area contributed by atoms with Gasteiger partial charge in [-0.3, -0.25) is 0 Å². The molecule has 0 aliphatic rings. The van der Waals surface area contributed by atoms with Gasteiger partial charge in [0, 0.05) is 4.70 Å². The molecule has 0 fully saturated rings. The molecule has 1 N–H and O–H groups in total. The Morgan fingerprint density at radius 3 is 2.90 bits per heavy atom. The van der Waals surface area contributed by atoms with Gasteiger partial charge in [-0.25, -0.2) is 0 Å². The molecule has 0 saturated carbocycles. The van der Waals surface area contributed by atoms with Crippen LogP contribution < -0.4 is 5.32 Å². The summed E-state index contributed by atoms with van der Waals surface area (Å²) < 4.78 is 2.58. The fourth-order valence-electron chi connectivity index (χ4n) is 2.41. The van der Waals surface area contributed by atoms with Crippen LogP contribution >= 0.6 is 38.6 Å². The van der Waals surface area contributed by atoms with Gasteiger partial charge < -0.3 is 5.32 Å². The van der Waals surface area contributed by atoms with E-state index in [0.29, 0.717) is 0 Å². The zero-order chi connectivity index (χ0) is 13.9. The first kappa shape index (κ1) is 14.3. The minimum Gasteiger partial charge on any atom is -0.306 e. The fraction of sp³-hybridized carbons (Fsp3) is 0.250. The van der Waals surface area contributed by atoms with E-state index < -0.39 is 0 Å². The molecule has 3 rings (SSSR count). The number of hydrogen-bond acceptors (Lipinski definition) is 3. The highest BCUT2D eigenvalue weighted by atomic mass is 79.9. The molecule has 0 radical (unpaired) electrons. The van der Waals surface area contributed by atoms with E-state index in [1.165, 1.54) is 25.0 Å². The zero-order valence-corrected chi connectivity index (χ0v) is 14.4. The summed E-state index contributed by atoms with van der Waals surface area (Å²) in [6.07, 6.45) is 1.14. The first-order chi connectivity index (χ1) is 9.79. The molecule has 1 unspecified atom stereocenters. The second-order valence-corrected chi connectivity index (χ2v) is 7.96. The maximum atomic E-state index is 3.69. The summed E-state index contributed by atoms with van der Waals surface area (Å²) in [5.74, 6) is 0. The lowest BCUT2D eigenvalue weighted by atomic mass is 10.00. The highest BCUT2D eigenvalue weighted by molar-refractivity contribution is 9.11. The summed E-state index contributed by atoms with van der Waals surface area (Å²) in [5, 5.41) is 9.44. The van der Waals surface area contributed by atoms with E-state index in [9.17, 15) is 0 Å². The maximum Gasteiger partial charge on any atom is 0.0701 e. The summed E-state index contributed by atoms with van der Waals surface area (Å²) in [4.78, 5) is 0. The van der Waals surface area contributed by atoms with Crippen molar-refractivity contribution in [1.82, 2.24) is 5.32 Å². The highest BCUT2D eigenvalue weighted by Gasteiger charge is 2.17. The van der Waals surface area contributed by atoms with Gasteiger partial charge in [-0.15, -0.1) is 22.7 Å². The topological polar surface area (TPSA) is 12.0 Å². The quantitative estimate of drug-likeness (QED) is 0.600. The number of hydrogen-bond donors (Lipinski definition) is 1. The molecule has 0 amide bonds. The average Bonchev–Trinajstić information content (AvgIpc) is 3.08. The lowest BCUT2D eigenvalue weighted by Gasteiger charge is -2.19. The first-order valence-electron chi connectivity index (χ1n) is 6.73. The molecule has 0 saturated heterocycles. The molecule has 1 nitrogen and oxygen atoms in total. The SMILES string of the molecule is CCCNC(c1csc(Br)c1)c1cccc2ccsc12. The Balaban J connectivity index is 2.06. The normalized spacial score (nSPS) is 12.9. The Morgan fingerprint density at radius 1 is 1.25 bits per heavy atom. The molecule has 0 aliphatic heterocycles. The zero-order valence-electron chi connectivity index (χ0n) is 11.2. The molecule has 104 valence electrons. The van der Waals surface area contributed by atoms with Crippen LogP contribution in [0.4, 0.5) is 0 Å². The van der Waals surface area contributed by atoms with Crippen molar-refractivity contribution >= 4 is 48.7 Å². The van der Waals surface area contributed by atoms with Gasteiger partial charge in [0.05, 0.1) is 9.83 Å². The number of benzene rings is 1. The van der Waals surface area contributed by atoms with E-state index in [1.807, 2.05) is 11.3 Å². The first-order valence-corrected chi connectivity index (χ1v) is 9.28. The van der Waals surface area contributed by atoms with Gasteiger partial charge in [-0.2, -0.15) is 0 Å². The number of halogens is 1.